The van der Waals surface area contributed by atoms with Crippen LogP contribution >= 0.6 is 11.5 Å². The van der Waals surface area contributed by atoms with Crippen LogP contribution in [0, 0.1) is 5.92 Å². The number of rotatable bonds is 10. The molecule has 1 heterocycles. The van der Waals surface area contributed by atoms with Crippen LogP contribution in [0.4, 0.5) is 5.13 Å². The third-order valence-electron chi connectivity index (χ3n) is 3.08. The molecule has 0 aliphatic heterocycles. The highest BCUT2D eigenvalue weighted by molar-refractivity contribution is 7.09. The Morgan fingerprint density at radius 2 is 2.16 bits per heavy atom. The number of hydrogen-bond donors (Lipinski definition) is 2. The third-order valence-corrected chi connectivity index (χ3v) is 3.79. The van der Waals surface area contributed by atoms with Gasteiger partial charge in [-0.1, -0.05) is 26.7 Å². The van der Waals surface area contributed by atoms with E-state index in [0.717, 1.165) is 49.6 Å². The quantitative estimate of drug-likeness (QED) is 0.690. The summed E-state index contributed by atoms with van der Waals surface area (Å²) in [6, 6.07) is 0. The van der Waals surface area contributed by atoms with Crippen LogP contribution in [0.15, 0.2) is 0 Å². The molecule has 19 heavy (non-hydrogen) atoms. The predicted molar refractivity (Wildman–Crippen MR) is 77.7 cm³/mol. The molecule has 0 saturated carbocycles. The van der Waals surface area contributed by atoms with Crippen LogP contribution in [-0.4, -0.2) is 27.0 Å². The minimum Gasteiger partial charge on any atom is -0.481 e. The fourth-order valence-electron chi connectivity index (χ4n) is 2.02. The van der Waals surface area contributed by atoms with Gasteiger partial charge in [-0.25, -0.2) is 4.98 Å². The maximum Gasteiger partial charge on any atom is 0.303 e. The normalized spacial score (nSPS) is 12.3. The second-order valence-electron chi connectivity index (χ2n) is 4.67. The van der Waals surface area contributed by atoms with Gasteiger partial charge in [0, 0.05) is 30.9 Å². The first-order chi connectivity index (χ1) is 9.15. The molecule has 0 amide bonds. The van der Waals surface area contributed by atoms with Gasteiger partial charge in [0.1, 0.15) is 5.82 Å². The molecular weight excluding hydrogens is 262 g/mol. The third kappa shape index (κ3) is 6.52. The van der Waals surface area contributed by atoms with Crippen molar-refractivity contribution in [2.45, 2.75) is 52.4 Å². The number of nitrogens with zero attached hydrogens (tertiary/aromatic N) is 2. The van der Waals surface area contributed by atoms with Crippen molar-refractivity contribution in [1.82, 2.24) is 9.36 Å². The van der Waals surface area contributed by atoms with Gasteiger partial charge in [0.2, 0.25) is 5.13 Å². The summed E-state index contributed by atoms with van der Waals surface area (Å²) in [5.74, 6) is 0.654. The summed E-state index contributed by atoms with van der Waals surface area (Å²) in [6.07, 6.45) is 5.07. The van der Waals surface area contributed by atoms with Crippen LogP contribution in [-0.2, 0) is 11.2 Å². The number of anilines is 1. The number of carboxylic acids is 1. The minimum absolute atomic E-state index is 0.267. The van der Waals surface area contributed by atoms with Crippen LogP contribution in [0.1, 0.15) is 51.8 Å². The van der Waals surface area contributed by atoms with Gasteiger partial charge >= 0.3 is 5.97 Å². The van der Waals surface area contributed by atoms with E-state index >= 15 is 0 Å². The topological polar surface area (TPSA) is 75.1 Å². The maximum absolute atomic E-state index is 10.6. The Bertz CT molecular complexity index is 382. The van der Waals surface area contributed by atoms with E-state index in [1.165, 1.54) is 11.5 Å². The second kappa shape index (κ2) is 8.85. The molecule has 6 heteroatoms. The van der Waals surface area contributed by atoms with Crippen LogP contribution < -0.4 is 5.32 Å². The molecule has 1 atom stereocenters. The first kappa shape index (κ1) is 15.9. The zero-order valence-corrected chi connectivity index (χ0v) is 12.5. The Morgan fingerprint density at radius 1 is 1.37 bits per heavy atom. The highest BCUT2D eigenvalue weighted by Crippen LogP contribution is 2.18. The number of nitrogens with one attached hydrogen (secondary N) is 1. The smallest absolute Gasteiger partial charge is 0.303 e. The summed E-state index contributed by atoms with van der Waals surface area (Å²) in [7, 11) is 0. The van der Waals surface area contributed by atoms with Gasteiger partial charge in [0.05, 0.1) is 0 Å². The van der Waals surface area contributed by atoms with E-state index < -0.39 is 5.97 Å². The Morgan fingerprint density at radius 3 is 2.74 bits per heavy atom. The lowest BCUT2D eigenvalue weighted by molar-refractivity contribution is -0.137. The lowest BCUT2D eigenvalue weighted by atomic mass is 9.94. The molecule has 0 radical (unpaired) electrons. The van der Waals surface area contributed by atoms with Gasteiger partial charge in [-0.05, 0) is 18.8 Å². The van der Waals surface area contributed by atoms with Crippen LogP contribution in [0.25, 0.3) is 0 Å². The van der Waals surface area contributed by atoms with Crippen molar-refractivity contribution in [2.75, 3.05) is 11.9 Å². The van der Waals surface area contributed by atoms with Crippen molar-refractivity contribution in [1.29, 1.82) is 0 Å². The van der Waals surface area contributed by atoms with Crippen LogP contribution in [0.3, 0.4) is 0 Å². The van der Waals surface area contributed by atoms with E-state index in [4.69, 9.17) is 5.11 Å². The average Bonchev–Trinajstić information content (AvgIpc) is 2.84. The molecule has 0 aliphatic carbocycles. The van der Waals surface area contributed by atoms with Crippen molar-refractivity contribution < 1.29 is 9.90 Å². The second-order valence-corrected chi connectivity index (χ2v) is 5.42. The van der Waals surface area contributed by atoms with Gasteiger partial charge < -0.3 is 10.4 Å². The van der Waals surface area contributed by atoms with Crippen molar-refractivity contribution in [3.05, 3.63) is 5.82 Å². The van der Waals surface area contributed by atoms with Gasteiger partial charge in [-0.15, -0.1) is 0 Å². The first-order valence-corrected chi connectivity index (χ1v) is 7.71. The number of aromatic nitrogens is 2. The molecule has 1 unspecified atom stereocenters. The highest BCUT2D eigenvalue weighted by atomic mass is 32.1. The summed E-state index contributed by atoms with van der Waals surface area (Å²) in [4.78, 5) is 15.0. The van der Waals surface area contributed by atoms with Gasteiger partial charge in [-0.2, -0.15) is 4.37 Å². The van der Waals surface area contributed by atoms with E-state index in [0.29, 0.717) is 5.92 Å². The highest BCUT2D eigenvalue weighted by Gasteiger charge is 2.10. The lowest BCUT2D eigenvalue weighted by Crippen LogP contribution is -2.11. The zero-order chi connectivity index (χ0) is 14.1. The van der Waals surface area contributed by atoms with E-state index in [2.05, 4.69) is 21.6 Å². The molecule has 1 rings (SSSR count). The van der Waals surface area contributed by atoms with Crippen molar-refractivity contribution in [3.8, 4) is 0 Å². The van der Waals surface area contributed by atoms with E-state index in [9.17, 15) is 4.79 Å². The number of carbonyl (C=O) groups is 1. The molecule has 0 fully saturated rings. The first-order valence-electron chi connectivity index (χ1n) is 6.93. The summed E-state index contributed by atoms with van der Waals surface area (Å²) in [6.45, 7) is 5.01. The summed E-state index contributed by atoms with van der Waals surface area (Å²) >= 11 is 1.39. The molecule has 5 nitrogen and oxygen atoms in total. The van der Waals surface area contributed by atoms with Crippen molar-refractivity contribution in [3.63, 3.8) is 0 Å². The van der Waals surface area contributed by atoms with E-state index in [-0.39, 0.29) is 6.42 Å². The molecule has 2 N–H and O–H groups in total. The Kier molecular flexibility index (Phi) is 7.40. The predicted octanol–water partition coefficient (Wildman–Crippen LogP) is 3.18. The molecule has 0 aliphatic rings. The fraction of sp³-hybridized carbons (Fsp3) is 0.769. The standard InChI is InChI=1S/C13H23N3O2S/c1-3-5-10(6-7-12(17)18)8-9-14-13-15-11(4-2)16-19-13/h10H,3-9H2,1-2H3,(H,17,18)(H,14,15,16). The molecule has 0 spiro atoms. The molecule has 0 aromatic carbocycles. The SMILES string of the molecule is CCCC(CCNc1nc(CC)ns1)CCC(=O)O. The minimum atomic E-state index is -0.703. The molecular formula is C13H23N3O2S. The largest absolute Gasteiger partial charge is 0.481 e. The van der Waals surface area contributed by atoms with Gasteiger partial charge in [-0.3, -0.25) is 4.79 Å². The fourth-order valence-corrected chi connectivity index (χ4v) is 2.70. The Balaban J connectivity index is 2.28. The van der Waals surface area contributed by atoms with E-state index in [1.54, 1.807) is 0 Å². The number of hydrogen-bond acceptors (Lipinski definition) is 5. The van der Waals surface area contributed by atoms with E-state index in [1.807, 2.05) is 6.92 Å². The average molecular weight is 285 g/mol. The molecule has 0 bridgehead atoms. The van der Waals surface area contributed by atoms with Crippen molar-refractivity contribution in [2.24, 2.45) is 5.92 Å². The molecule has 108 valence electrons. The van der Waals surface area contributed by atoms with Crippen LogP contribution in [0.5, 0.6) is 0 Å². The summed E-state index contributed by atoms with van der Waals surface area (Å²) in [5.41, 5.74) is 0. The monoisotopic (exact) mass is 285 g/mol. The Hall–Kier alpha value is -1.17. The van der Waals surface area contributed by atoms with Crippen molar-refractivity contribution >= 4 is 22.6 Å². The summed E-state index contributed by atoms with van der Waals surface area (Å²) in [5, 5.41) is 12.9. The molecule has 0 saturated heterocycles. The number of aryl methyl sites for hydroxylation is 1. The van der Waals surface area contributed by atoms with Gasteiger partial charge in [0.15, 0.2) is 0 Å². The number of aliphatic carboxylic acids is 1. The summed E-state index contributed by atoms with van der Waals surface area (Å²) < 4.78 is 4.22. The number of carboxylic acid groups (broad SMARTS) is 1. The molecule has 1 aromatic heterocycles. The lowest BCUT2D eigenvalue weighted by Gasteiger charge is -2.14. The zero-order valence-electron chi connectivity index (χ0n) is 11.7. The molecule has 1 aromatic rings. The maximum atomic E-state index is 10.6. The Labute approximate surface area is 118 Å². The van der Waals surface area contributed by atoms with Gasteiger partial charge in [0.25, 0.3) is 0 Å². The van der Waals surface area contributed by atoms with Crippen LogP contribution in [0.2, 0.25) is 0 Å².